The summed E-state index contributed by atoms with van der Waals surface area (Å²) in [6.07, 6.45) is 3.79. The van der Waals surface area contributed by atoms with Crippen molar-refractivity contribution in [1.29, 1.82) is 0 Å². The molecule has 1 nitrogen and oxygen atoms in total. The lowest BCUT2D eigenvalue weighted by Gasteiger charge is -2.10. The van der Waals surface area contributed by atoms with Gasteiger partial charge in [0.2, 0.25) is 0 Å². The van der Waals surface area contributed by atoms with Crippen LogP contribution in [0.25, 0.3) is 21.5 Å². The highest BCUT2D eigenvalue weighted by molar-refractivity contribution is 6.03. The lowest BCUT2D eigenvalue weighted by Crippen LogP contribution is -2.01. The van der Waals surface area contributed by atoms with Crippen LogP contribution in [0.5, 0.6) is 0 Å². The maximum Gasteiger partial charge on any atom is 0.0420 e. The summed E-state index contributed by atoms with van der Waals surface area (Å²) in [5, 5.41) is 8.84. The van der Waals surface area contributed by atoms with Gasteiger partial charge in [0.05, 0.1) is 0 Å². The summed E-state index contributed by atoms with van der Waals surface area (Å²) in [5.41, 5.74) is 1.25. The highest BCUT2D eigenvalue weighted by atomic mass is 14.9. The Kier molecular flexibility index (Phi) is 3.87. The second-order valence-electron chi connectivity index (χ2n) is 5.36. The molecule has 0 heterocycles. The molecular weight excluding hydrogens is 242 g/mol. The van der Waals surface area contributed by atoms with E-state index in [0.717, 1.165) is 6.54 Å². The van der Waals surface area contributed by atoms with Gasteiger partial charge in [-0.25, -0.2) is 0 Å². The number of benzene rings is 3. The fraction of sp³-hybridized carbons (Fsp3) is 0.263. The normalized spacial score (nSPS) is 11.1. The van der Waals surface area contributed by atoms with Crippen molar-refractivity contribution in [2.75, 3.05) is 11.9 Å². The molecule has 0 saturated carbocycles. The largest absolute Gasteiger partial charge is 0.385 e. The Morgan fingerprint density at radius 3 is 2.35 bits per heavy atom. The molecule has 3 aromatic rings. The predicted molar refractivity (Wildman–Crippen MR) is 89.5 cm³/mol. The lowest BCUT2D eigenvalue weighted by atomic mass is 10.0. The zero-order valence-corrected chi connectivity index (χ0v) is 12.0. The van der Waals surface area contributed by atoms with E-state index in [4.69, 9.17) is 0 Å². The van der Waals surface area contributed by atoms with E-state index < -0.39 is 0 Å². The zero-order chi connectivity index (χ0) is 13.8. The van der Waals surface area contributed by atoms with Gasteiger partial charge < -0.3 is 5.32 Å². The van der Waals surface area contributed by atoms with E-state index in [9.17, 15) is 0 Å². The molecule has 0 aliphatic rings. The zero-order valence-electron chi connectivity index (χ0n) is 12.0. The van der Waals surface area contributed by atoms with Gasteiger partial charge in [-0.2, -0.15) is 0 Å². The Morgan fingerprint density at radius 1 is 0.800 bits per heavy atom. The van der Waals surface area contributed by atoms with Crippen LogP contribution in [-0.4, -0.2) is 6.54 Å². The van der Waals surface area contributed by atoms with Crippen LogP contribution in [0.1, 0.15) is 26.2 Å². The average molecular weight is 263 g/mol. The summed E-state index contributed by atoms with van der Waals surface area (Å²) >= 11 is 0. The average Bonchev–Trinajstić information content (AvgIpc) is 2.50. The fourth-order valence-corrected chi connectivity index (χ4v) is 2.72. The molecule has 0 spiro atoms. The Morgan fingerprint density at radius 2 is 1.55 bits per heavy atom. The molecule has 1 heteroatoms. The molecule has 20 heavy (non-hydrogen) atoms. The van der Waals surface area contributed by atoms with Gasteiger partial charge in [-0.3, -0.25) is 0 Å². The molecule has 0 unspecified atom stereocenters. The Balaban J connectivity index is 1.97. The number of hydrogen-bond acceptors (Lipinski definition) is 1. The first-order valence-electron chi connectivity index (χ1n) is 7.54. The van der Waals surface area contributed by atoms with Crippen LogP contribution in [0.3, 0.4) is 0 Å². The summed E-state index contributed by atoms with van der Waals surface area (Å²) in [4.78, 5) is 0. The number of rotatable bonds is 5. The molecule has 0 amide bonds. The maximum atomic E-state index is 3.59. The van der Waals surface area contributed by atoms with Gasteiger partial charge in [-0.1, -0.05) is 56.2 Å². The highest BCUT2D eigenvalue weighted by Gasteiger charge is 2.02. The molecule has 0 bridgehead atoms. The van der Waals surface area contributed by atoms with Gasteiger partial charge in [0.1, 0.15) is 0 Å². The Hall–Kier alpha value is -2.02. The van der Waals surface area contributed by atoms with Crippen LogP contribution in [0.15, 0.2) is 54.6 Å². The minimum atomic E-state index is 1.06. The fourth-order valence-electron chi connectivity index (χ4n) is 2.72. The molecule has 102 valence electrons. The first-order valence-corrected chi connectivity index (χ1v) is 7.54. The molecule has 0 aliphatic carbocycles. The molecule has 0 aromatic heterocycles. The summed E-state index contributed by atoms with van der Waals surface area (Å²) in [6, 6.07) is 19.7. The van der Waals surface area contributed by atoms with Crippen molar-refractivity contribution in [3.05, 3.63) is 54.6 Å². The van der Waals surface area contributed by atoms with Gasteiger partial charge in [-0.05, 0) is 40.8 Å². The number of nitrogens with one attached hydrogen (secondary N) is 1. The monoisotopic (exact) mass is 263 g/mol. The molecule has 1 N–H and O–H groups in total. The third-order valence-corrected chi connectivity index (χ3v) is 3.84. The van der Waals surface area contributed by atoms with Gasteiger partial charge in [-0.15, -0.1) is 0 Å². The van der Waals surface area contributed by atoms with Crippen molar-refractivity contribution in [1.82, 2.24) is 0 Å². The Labute approximate surface area is 120 Å². The maximum absolute atomic E-state index is 3.59. The van der Waals surface area contributed by atoms with Gasteiger partial charge in [0.15, 0.2) is 0 Å². The second-order valence-corrected chi connectivity index (χ2v) is 5.36. The van der Waals surface area contributed by atoms with E-state index >= 15 is 0 Å². The molecule has 0 saturated heterocycles. The number of unbranched alkanes of at least 4 members (excludes halogenated alkanes) is 2. The van der Waals surface area contributed by atoms with Crippen molar-refractivity contribution in [2.24, 2.45) is 0 Å². The van der Waals surface area contributed by atoms with Crippen LogP contribution in [-0.2, 0) is 0 Å². The number of hydrogen-bond donors (Lipinski definition) is 1. The van der Waals surface area contributed by atoms with Crippen molar-refractivity contribution >= 4 is 27.2 Å². The van der Waals surface area contributed by atoms with E-state index in [2.05, 4.69) is 66.8 Å². The molecule has 3 aromatic carbocycles. The second kappa shape index (κ2) is 5.96. The van der Waals surface area contributed by atoms with Crippen LogP contribution < -0.4 is 5.32 Å². The third kappa shape index (κ3) is 2.62. The van der Waals surface area contributed by atoms with Gasteiger partial charge >= 0.3 is 0 Å². The van der Waals surface area contributed by atoms with E-state index in [0.29, 0.717) is 0 Å². The Bertz CT molecular complexity index is 715. The van der Waals surface area contributed by atoms with Crippen LogP contribution in [0, 0.1) is 0 Å². The van der Waals surface area contributed by atoms with E-state index in [1.807, 2.05) is 0 Å². The summed E-state index contributed by atoms with van der Waals surface area (Å²) in [5.74, 6) is 0. The van der Waals surface area contributed by atoms with Gasteiger partial charge in [0, 0.05) is 17.6 Å². The lowest BCUT2D eigenvalue weighted by molar-refractivity contribution is 0.744. The summed E-state index contributed by atoms with van der Waals surface area (Å²) < 4.78 is 0. The number of anilines is 1. The van der Waals surface area contributed by atoms with Crippen LogP contribution in [0.4, 0.5) is 5.69 Å². The smallest absolute Gasteiger partial charge is 0.0420 e. The predicted octanol–water partition coefficient (Wildman–Crippen LogP) is 5.60. The van der Waals surface area contributed by atoms with Crippen molar-refractivity contribution in [3.8, 4) is 0 Å². The minimum absolute atomic E-state index is 1.06. The first kappa shape index (κ1) is 13.0. The van der Waals surface area contributed by atoms with Crippen molar-refractivity contribution in [2.45, 2.75) is 26.2 Å². The van der Waals surface area contributed by atoms with Crippen LogP contribution in [0.2, 0.25) is 0 Å². The van der Waals surface area contributed by atoms with E-state index in [1.165, 1.54) is 46.5 Å². The van der Waals surface area contributed by atoms with Crippen molar-refractivity contribution in [3.63, 3.8) is 0 Å². The van der Waals surface area contributed by atoms with Crippen molar-refractivity contribution < 1.29 is 0 Å². The summed E-state index contributed by atoms with van der Waals surface area (Å²) in [7, 11) is 0. The summed E-state index contributed by atoms with van der Waals surface area (Å²) in [6.45, 7) is 3.30. The molecule has 0 aliphatic heterocycles. The quantitative estimate of drug-likeness (QED) is 0.467. The molecule has 3 rings (SSSR count). The van der Waals surface area contributed by atoms with E-state index in [1.54, 1.807) is 0 Å². The highest BCUT2D eigenvalue weighted by Crippen LogP contribution is 2.28. The van der Waals surface area contributed by atoms with Gasteiger partial charge in [0.25, 0.3) is 0 Å². The first-order chi connectivity index (χ1) is 9.88. The molecular formula is C19H21N. The standard InChI is InChI=1S/C19H21N/c1-2-3-6-12-20-19-11-7-10-17-13-15-8-4-5-9-16(15)14-18(17)19/h4-5,7-11,13-14,20H,2-3,6,12H2,1H3. The van der Waals surface area contributed by atoms with Crippen LogP contribution >= 0.6 is 0 Å². The van der Waals surface area contributed by atoms with E-state index in [-0.39, 0.29) is 0 Å². The molecule has 0 radical (unpaired) electrons. The minimum Gasteiger partial charge on any atom is -0.385 e. The topological polar surface area (TPSA) is 12.0 Å². The SMILES string of the molecule is CCCCCNc1cccc2cc3ccccc3cc12. The molecule has 0 atom stereocenters. The third-order valence-electron chi connectivity index (χ3n) is 3.84. The number of fused-ring (bicyclic) bond motifs is 2. The molecule has 0 fully saturated rings.